The highest BCUT2D eigenvalue weighted by molar-refractivity contribution is 5.91. The molecule has 0 unspecified atom stereocenters. The third-order valence-electron chi connectivity index (χ3n) is 6.48. The number of carbonyl (C=O) groups is 1. The van der Waals surface area contributed by atoms with Gasteiger partial charge in [0.2, 0.25) is 0 Å². The number of fused-ring (bicyclic) bond motifs is 1. The Labute approximate surface area is 218 Å². The Balaban J connectivity index is 1.50. The second-order valence-corrected chi connectivity index (χ2v) is 9.10. The molecule has 0 radical (unpaired) electrons. The van der Waals surface area contributed by atoms with Crippen LogP contribution in [0.4, 0.5) is 29.2 Å². The van der Waals surface area contributed by atoms with Gasteiger partial charge in [-0.2, -0.15) is 18.3 Å². The van der Waals surface area contributed by atoms with E-state index in [-0.39, 0.29) is 11.6 Å². The Morgan fingerprint density at radius 2 is 1.84 bits per heavy atom. The zero-order valence-corrected chi connectivity index (χ0v) is 21.2. The molecule has 4 rings (SSSR count). The molecule has 7 nitrogen and oxygen atoms in total. The van der Waals surface area contributed by atoms with Crippen molar-refractivity contribution in [3.8, 4) is 0 Å². The van der Waals surface area contributed by atoms with E-state index in [0.29, 0.717) is 26.1 Å². The van der Waals surface area contributed by atoms with Gasteiger partial charge in [-0.15, -0.1) is 5.10 Å². The van der Waals surface area contributed by atoms with Crippen LogP contribution >= 0.6 is 0 Å². The molecule has 38 heavy (non-hydrogen) atoms. The maximum absolute atomic E-state index is 13.5. The summed E-state index contributed by atoms with van der Waals surface area (Å²) in [6.07, 6.45) is 0.306. The Morgan fingerprint density at radius 3 is 2.53 bits per heavy atom. The Kier molecular flexibility index (Phi) is 8.43. The smallest absolute Gasteiger partial charge is 0.417 e. The zero-order chi connectivity index (χ0) is 27.3. The molecule has 0 atom stereocenters. The minimum Gasteiger partial charge on any atom is -0.465 e. The lowest BCUT2D eigenvalue weighted by Gasteiger charge is -2.26. The van der Waals surface area contributed by atoms with Crippen molar-refractivity contribution in [2.75, 3.05) is 37.0 Å². The van der Waals surface area contributed by atoms with Crippen LogP contribution in [0.3, 0.4) is 0 Å². The van der Waals surface area contributed by atoms with Crippen LogP contribution in [-0.2, 0) is 30.2 Å². The van der Waals surface area contributed by atoms with Crippen LogP contribution in [-0.4, -0.2) is 47.9 Å². The molecule has 1 N–H and O–H groups in total. The summed E-state index contributed by atoms with van der Waals surface area (Å²) in [7, 11) is 1.02. The average molecular weight is 532 g/mol. The highest BCUT2D eigenvalue weighted by Crippen LogP contribution is 2.34. The number of hydrogen-bond donors (Lipinski definition) is 1. The molecule has 2 heterocycles. The van der Waals surface area contributed by atoms with Crippen LogP contribution in [0.25, 0.3) is 0 Å². The molecule has 3 aromatic rings. The van der Waals surface area contributed by atoms with Crippen molar-refractivity contribution in [1.29, 1.82) is 0 Å². The average Bonchev–Trinajstić information content (AvgIpc) is 3.39. The molecule has 0 bridgehead atoms. The van der Waals surface area contributed by atoms with Crippen molar-refractivity contribution in [3.63, 3.8) is 0 Å². The van der Waals surface area contributed by atoms with Crippen LogP contribution in [0.15, 0.2) is 36.5 Å². The number of benzene rings is 1. The maximum Gasteiger partial charge on any atom is 0.417 e. The predicted octanol–water partition coefficient (Wildman–Crippen LogP) is 5.22. The van der Waals surface area contributed by atoms with Gasteiger partial charge in [0.1, 0.15) is 11.6 Å². The third kappa shape index (κ3) is 6.20. The number of hydrogen-bond acceptors (Lipinski definition) is 7. The normalized spacial score (nSPS) is 12.8. The van der Waals surface area contributed by atoms with Gasteiger partial charge in [0.25, 0.3) is 0 Å². The van der Waals surface area contributed by atoms with E-state index < -0.39 is 23.3 Å². The molecule has 202 valence electrons. The van der Waals surface area contributed by atoms with Crippen LogP contribution in [0, 0.1) is 5.82 Å². The lowest BCUT2D eigenvalue weighted by molar-refractivity contribution is -0.138. The fourth-order valence-electron chi connectivity index (χ4n) is 4.70. The zero-order valence-electron chi connectivity index (χ0n) is 21.2. The number of esters is 1. The van der Waals surface area contributed by atoms with Gasteiger partial charge in [0, 0.05) is 37.8 Å². The number of anilines is 2. The van der Waals surface area contributed by atoms with Crippen molar-refractivity contribution in [1.82, 2.24) is 15.2 Å². The summed E-state index contributed by atoms with van der Waals surface area (Å²) in [5, 5.41) is 12.0. The fraction of sp³-hybridized carbons (Fsp3) is 0.407. The molecule has 1 aromatic carbocycles. The predicted molar refractivity (Wildman–Crippen MR) is 135 cm³/mol. The van der Waals surface area contributed by atoms with Crippen molar-refractivity contribution < 1.29 is 27.1 Å². The number of alkyl halides is 3. The number of nitrogens with one attached hydrogen (secondary N) is 1. The first-order valence-corrected chi connectivity index (χ1v) is 12.5. The molecule has 0 fully saturated rings. The highest BCUT2D eigenvalue weighted by atomic mass is 19.4. The van der Waals surface area contributed by atoms with Gasteiger partial charge in [-0.25, -0.2) is 14.2 Å². The number of aromatic nitrogens is 3. The van der Waals surface area contributed by atoms with E-state index in [9.17, 15) is 22.4 Å². The summed E-state index contributed by atoms with van der Waals surface area (Å²) < 4.78 is 58.3. The number of nitrogens with zero attached hydrogens (tertiary/aromatic N) is 4. The molecule has 1 aliphatic carbocycles. The molecular weight excluding hydrogens is 502 g/mol. The van der Waals surface area contributed by atoms with Crippen LogP contribution in [0.1, 0.15) is 58.1 Å². The Bertz CT molecular complexity index is 1280. The van der Waals surface area contributed by atoms with Crippen molar-refractivity contribution in [2.45, 2.75) is 45.2 Å². The summed E-state index contributed by atoms with van der Waals surface area (Å²) in [5.41, 5.74) is 2.42. The number of methoxy groups -OCH3 is 1. The standard InChI is InChI=1S/C27H29F4N5O2/c1-3-12-36(13-11-32-24-15-22(27(29,30)31)21(16-33-24)26(37)38-2)25-20-6-4-5-19(20)23(34-35-25)14-17-7-9-18(28)10-8-17/h7-10,15-16H,3-6,11-14H2,1-2H3,(H,32,33). The summed E-state index contributed by atoms with van der Waals surface area (Å²) >= 11 is 0. The van der Waals surface area contributed by atoms with Crippen LogP contribution in [0.2, 0.25) is 0 Å². The molecule has 0 saturated carbocycles. The SMILES string of the molecule is CCCN(CCNc1cc(C(F)(F)F)c(C(=O)OC)cn1)c1nnc(Cc2ccc(F)cc2)c2c1CCC2. The minimum absolute atomic E-state index is 0.00684. The molecule has 1 aliphatic rings. The van der Waals surface area contributed by atoms with E-state index in [4.69, 9.17) is 0 Å². The molecule has 0 saturated heterocycles. The Morgan fingerprint density at radius 1 is 1.11 bits per heavy atom. The van der Waals surface area contributed by atoms with Crippen LogP contribution < -0.4 is 10.2 Å². The topological polar surface area (TPSA) is 80.2 Å². The van der Waals surface area contributed by atoms with Gasteiger partial charge in [0.05, 0.1) is 23.9 Å². The summed E-state index contributed by atoms with van der Waals surface area (Å²) in [4.78, 5) is 17.8. The number of halogens is 4. The van der Waals surface area contributed by atoms with E-state index >= 15 is 0 Å². The molecule has 2 aromatic heterocycles. The highest BCUT2D eigenvalue weighted by Gasteiger charge is 2.36. The van der Waals surface area contributed by atoms with Gasteiger partial charge in [-0.1, -0.05) is 19.1 Å². The Hall–Kier alpha value is -3.76. The number of carbonyl (C=O) groups excluding carboxylic acids is 1. The summed E-state index contributed by atoms with van der Waals surface area (Å²) in [5.74, 6) is -0.587. The van der Waals surface area contributed by atoms with Gasteiger partial charge in [-0.05, 0) is 55.0 Å². The third-order valence-corrected chi connectivity index (χ3v) is 6.48. The number of pyridine rings is 1. The second-order valence-electron chi connectivity index (χ2n) is 9.10. The minimum atomic E-state index is -4.73. The lowest BCUT2D eigenvalue weighted by Crippen LogP contribution is -2.32. The fourth-order valence-corrected chi connectivity index (χ4v) is 4.70. The largest absolute Gasteiger partial charge is 0.465 e. The molecule has 11 heteroatoms. The first kappa shape index (κ1) is 27.3. The van der Waals surface area contributed by atoms with E-state index in [2.05, 4.69) is 30.1 Å². The molecule has 0 aliphatic heterocycles. The first-order valence-electron chi connectivity index (χ1n) is 12.5. The summed E-state index contributed by atoms with van der Waals surface area (Å²) in [6.45, 7) is 3.51. The van der Waals surface area contributed by atoms with E-state index in [1.807, 2.05) is 6.92 Å². The van der Waals surface area contributed by atoms with Crippen molar-refractivity contribution in [2.24, 2.45) is 0 Å². The van der Waals surface area contributed by atoms with Crippen molar-refractivity contribution >= 4 is 17.6 Å². The first-order chi connectivity index (χ1) is 18.2. The van der Waals surface area contributed by atoms with E-state index in [0.717, 1.165) is 67.7 Å². The van der Waals surface area contributed by atoms with E-state index in [1.165, 1.54) is 17.7 Å². The van der Waals surface area contributed by atoms with Gasteiger partial charge in [-0.3, -0.25) is 0 Å². The number of rotatable bonds is 10. The summed E-state index contributed by atoms with van der Waals surface area (Å²) in [6, 6.07) is 7.18. The van der Waals surface area contributed by atoms with Gasteiger partial charge in [0.15, 0.2) is 5.82 Å². The van der Waals surface area contributed by atoms with E-state index in [1.54, 1.807) is 12.1 Å². The van der Waals surface area contributed by atoms with Gasteiger partial charge >= 0.3 is 12.1 Å². The molecular formula is C27H29F4N5O2. The number of ether oxygens (including phenoxy) is 1. The molecule has 0 amide bonds. The maximum atomic E-state index is 13.5. The lowest BCUT2D eigenvalue weighted by atomic mass is 10.0. The quantitative estimate of drug-likeness (QED) is 0.284. The van der Waals surface area contributed by atoms with Crippen LogP contribution in [0.5, 0.6) is 0 Å². The monoisotopic (exact) mass is 531 g/mol. The van der Waals surface area contributed by atoms with Gasteiger partial charge < -0.3 is 15.0 Å². The molecule has 0 spiro atoms. The second kappa shape index (κ2) is 11.7. The van der Waals surface area contributed by atoms with Crippen molar-refractivity contribution in [3.05, 3.63) is 75.9 Å².